The van der Waals surface area contributed by atoms with E-state index in [9.17, 15) is 9.90 Å². The lowest BCUT2D eigenvalue weighted by atomic mass is 9.90. The van der Waals surface area contributed by atoms with Crippen LogP contribution in [0.5, 0.6) is 0 Å². The SMILES string of the molecule is Cc1nccn1CCN1Cc2ccccc2C(C(=O)O)C1. The Hall–Kier alpha value is -2.14. The number of fused-ring (bicyclic) bond motifs is 1. The van der Waals surface area contributed by atoms with E-state index in [0.717, 1.165) is 36.6 Å². The van der Waals surface area contributed by atoms with Gasteiger partial charge in [-0.25, -0.2) is 4.98 Å². The van der Waals surface area contributed by atoms with E-state index >= 15 is 0 Å². The summed E-state index contributed by atoms with van der Waals surface area (Å²) in [5.74, 6) is -0.188. The Balaban J connectivity index is 1.74. The van der Waals surface area contributed by atoms with Gasteiger partial charge in [0.2, 0.25) is 0 Å². The molecule has 1 N–H and O–H groups in total. The van der Waals surface area contributed by atoms with E-state index in [1.807, 2.05) is 37.4 Å². The number of imidazole rings is 1. The van der Waals surface area contributed by atoms with Gasteiger partial charge in [0, 0.05) is 38.6 Å². The number of carboxylic acid groups (broad SMARTS) is 1. The van der Waals surface area contributed by atoms with Crippen molar-refractivity contribution >= 4 is 5.97 Å². The fourth-order valence-electron chi connectivity index (χ4n) is 2.95. The van der Waals surface area contributed by atoms with Crippen LogP contribution in [-0.2, 0) is 17.9 Å². The summed E-state index contributed by atoms with van der Waals surface area (Å²) in [6.45, 7) is 5.02. The van der Waals surface area contributed by atoms with Crippen LogP contribution in [0.3, 0.4) is 0 Å². The quantitative estimate of drug-likeness (QED) is 0.932. The van der Waals surface area contributed by atoms with Gasteiger partial charge in [0.1, 0.15) is 5.82 Å². The molecule has 0 aliphatic carbocycles. The average Bonchev–Trinajstić information content (AvgIpc) is 2.89. The van der Waals surface area contributed by atoms with E-state index in [4.69, 9.17) is 0 Å². The largest absolute Gasteiger partial charge is 0.481 e. The minimum Gasteiger partial charge on any atom is -0.481 e. The number of carboxylic acids is 1. The van der Waals surface area contributed by atoms with Crippen molar-refractivity contribution in [3.8, 4) is 0 Å². The molecule has 0 bridgehead atoms. The molecule has 0 radical (unpaired) electrons. The fourth-order valence-corrected chi connectivity index (χ4v) is 2.95. The highest BCUT2D eigenvalue weighted by Gasteiger charge is 2.29. The molecule has 0 saturated carbocycles. The summed E-state index contributed by atoms with van der Waals surface area (Å²) < 4.78 is 2.09. The molecule has 21 heavy (non-hydrogen) atoms. The Morgan fingerprint density at radius 3 is 2.90 bits per heavy atom. The number of hydrogen-bond acceptors (Lipinski definition) is 3. The molecule has 2 aromatic rings. The van der Waals surface area contributed by atoms with Crippen molar-refractivity contribution in [3.05, 3.63) is 53.6 Å². The lowest BCUT2D eigenvalue weighted by Gasteiger charge is -2.32. The molecule has 0 fully saturated rings. The van der Waals surface area contributed by atoms with Gasteiger partial charge in [0.15, 0.2) is 0 Å². The third-order valence-electron chi connectivity index (χ3n) is 4.14. The zero-order chi connectivity index (χ0) is 14.8. The minimum atomic E-state index is -0.744. The number of nitrogens with zero attached hydrogens (tertiary/aromatic N) is 3. The predicted molar refractivity (Wildman–Crippen MR) is 79.1 cm³/mol. The van der Waals surface area contributed by atoms with Crippen molar-refractivity contribution < 1.29 is 9.90 Å². The zero-order valence-electron chi connectivity index (χ0n) is 12.1. The first-order valence-electron chi connectivity index (χ1n) is 7.16. The number of aromatic nitrogens is 2. The molecule has 1 aliphatic rings. The summed E-state index contributed by atoms with van der Waals surface area (Å²) in [4.78, 5) is 17.9. The van der Waals surface area contributed by atoms with Crippen molar-refractivity contribution in [1.82, 2.24) is 14.5 Å². The monoisotopic (exact) mass is 285 g/mol. The van der Waals surface area contributed by atoms with Crippen molar-refractivity contribution in [1.29, 1.82) is 0 Å². The van der Waals surface area contributed by atoms with E-state index in [1.165, 1.54) is 0 Å². The van der Waals surface area contributed by atoms with Gasteiger partial charge in [-0.05, 0) is 18.1 Å². The van der Waals surface area contributed by atoms with Gasteiger partial charge in [-0.15, -0.1) is 0 Å². The molecule has 110 valence electrons. The molecule has 1 aromatic heterocycles. The molecular formula is C16H19N3O2. The summed E-state index contributed by atoms with van der Waals surface area (Å²) >= 11 is 0. The second-order valence-corrected chi connectivity index (χ2v) is 5.49. The van der Waals surface area contributed by atoms with Crippen LogP contribution in [0.2, 0.25) is 0 Å². The predicted octanol–water partition coefficient (Wildman–Crippen LogP) is 1.88. The Kier molecular flexibility index (Phi) is 3.75. The molecule has 0 saturated heterocycles. The van der Waals surface area contributed by atoms with Crippen LogP contribution >= 0.6 is 0 Å². The molecule has 1 aromatic carbocycles. The topological polar surface area (TPSA) is 58.4 Å². The standard InChI is InChI=1S/C16H19N3O2/c1-12-17-6-7-19(12)9-8-18-10-13-4-2-3-5-14(13)15(11-18)16(20)21/h2-7,15H,8-11H2,1H3,(H,20,21). The van der Waals surface area contributed by atoms with Crippen LogP contribution < -0.4 is 0 Å². The number of carbonyl (C=O) groups is 1. The third-order valence-corrected chi connectivity index (χ3v) is 4.14. The Bertz CT molecular complexity index is 650. The first-order chi connectivity index (χ1) is 10.1. The van der Waals surface area contributed by atoms with Crippen molar-refractivity contribution in [2.75, 3.05) is 13.1 Å². The van der Waals surface area contributed by atoms with Crippen molar-refractivity contribution in [2.45, 2.75) is 25.9 Å². The zero-order valence-corrected chi connectivity index (χ0v) is 12.1. The maximum absolute atomic E-state index is 11.5. The molecule has 5 nitrogen and oxygen atoms in total. The van der Waals surface area contributed by atoms with Crippen LogP contribution in [0.15, 0.2) is 36.7 Å². The molecule has 3 rings (SSSR count). The maximum atomic E-state index is 11.5. The van der Waals surface area contributed by atoms with E-state index in [-0.39, 0.29) is 0 Å². The van der Waals surface area contributed by atoms with Gasteiger partial charge in [-0.3, -0.25) is 9.69 Å². The van der Waals surface area contributed by atoms with Gasteiger partial charge < -0.3 is 9.67 Å². The molecule has 1 unspecified atom stereocenters. The second-order valence-electron chi connectivity index (χ2n) is 5.49. The summed E-state index contributed by atoms with van der Waals surface area (Å²) in [5.41, 5.74) is 2.08. The van der Waals surface area contributed by atoms with Gasteiger partial charge in [0.05, 0.1) is 5.92 Å². The summed E-state index contributed by atoms with van der Waals surface area (Å²) in [7, 11) is 0. The molecule has 0 amide bonds. The Morgan fingerprint density at radius 2 is 2.19 bits per heavy atom. The smallest absolute Gasteiger partial charge is 0.312 e. The highest BCUT2D eigenvalue weighted by Crippen LogP contribution is 2.28. The van der Waals surface area contributed by atoms with Crippen LogP contribution in [0.1, 0.15) is 22.9 Å². The van der Waals surface area contributed by atoms with E-state index in [1.54, 1.807) is 6.20 Å². The third kappa shape index (κ3) is 2.83. The number of aryl methyl sites for hydroxylation is 1. The van der Waals surface area contributed by atoms with Gasteiger partial charge >= 0.3 is 5.97 Å². The van der Waals surface area contributed by atoms with Crippen LogP contribution in [0.4, 0.5) is 0 Å². The minimum absolute atomic E-state index is 0.432. The Morgan fingerprint density at radius 1 is 1.38 bits per heavy atom. The van der Waals surface area contributed by atoms with Crippen LogP contribution in [0, 0.1) is 6.92 Å². The van der Waals surface area contributed by atoms with Crippen molar-refractivity contribution in [2.24, 2.45) is 0 Å². The van der Waals surface area contributed by atoms with E-state index < -0.39 is 11.9 Å². The lowest BCUT2D eigenvalue weighted by molar-refractivity contribution is -0.139. The second kappa shape index (κ2) is 5.69. The summed E-state index contributed by atoms with van der Waals surface area (Å²) in [6.07, 6.45) is 3.75. The molecule has 1 aliphatic heterocycles. The highest BCUT2D eigenvalue weighted by molar-refractivity contribution is 5.77. The summed E-state index contributed by atoms with van der Waals surface area (Å²) in [6, 6.07) is 7.85. The lowest BCUT2D eigenvalue weighted by Crippen LogP contribution is -2.38. The molecule has 5 heteroatoms. The normalized spacial score (nSPS) is 18.4. The first-order valence-corrected chi connectivity index (χ1v) is 7.16. The van der Waals surface area contributed by atoms with Gasteiger partial charge in [0.25, 0.3) is 0 Å². The van der Waals surface area contributed by atoms with E-state index in [2.05, 4.69) is 14.5 Å². The molecule has 0 spiro atoms. The number of hydrogen-bond donors (Lipinski definition) is 1. The molecule has 1 atom stereocenters. The van der Waals surface area contributed by atoms with Crippen LogP contribution in [0.25, 0.3) is 0 Å². The van der Waals surface area contributed by atoms with Gasteiger partial charge in [-0.1, -0.05) is 24.3 Å². The first kappa shape index (κ1) is 13.8. The number of rotatable bonds is 4. The average molecular weight is 285 g/mol. The summed E-state index contributed by atoms with van der Waals surface area (Å²) in [5, 5.41) is 9.46. The van der Waals surface area contributed by atoms with Gasteiger partial charge in [-0.2, -0.15) is 0 Å². The maximum Gasteiger partial charge on any atom is 0.312 e. The number of benzene rings is 1. The number of aliphatic carboxylic acids is 1. The van der Waals surface area contributed by atoms with Crippen LogP contribution in [-0.4, -0.2) is 38.6 Å². The molecule has 2 heterocycles. The van der Waals surface area contributed by atoms with Crippen molar-refractivity contribution in [3.63, 3.8) is 0 Å². The Labute approximate surface area is 123 Å². The molecular weight excluding hydrogens is 266 g/mol. The fraction of sp³-hybridized carbons (Fsp3) is 0.375. The highest BCUT2D eigenvalue weighted by atomic mass is 16.4. The van der Waals surface area contributed by atoms with E-state index in [0.29, 0.717) is 6.54 Å².